The molecule has 0 spiro atoms. The Morgan fingerprint density at radius 1 is 0.536 bits per heavy atom. The van der Waals surface area contributed by atoms with Crippen LogP contribution in [0.15, 0.2) is 24.3 Å². The van der Waals surface area contributed by atoms with Gasteiger partial charge in [0.2, 0.25) is 0 Å². The predicted octanol–water partition coefficient (Wildman–Crippen LogP) is 13.6. The molecule has 3 N–H and O–H groups in total. The van der Waals surface area contributed by atoms with E-state index in [1.54, 1.807) is 0 Å². The summed E-state index contributed by atoms with van der Waals surface area (Å²) in [6, 6.07) is 0. The smallest absolute Gasteiger partial charge is 0.462 e. The van der Waals surface area contributed by atoms with Crippen LogP contribution in [0.25, 0.3) is 0 Å². The number of phosphoric acid groups is 1. The fourth-order valence-electron chi connectivity index (χ4n) is 6.61. The van der Waals surface area contributed by atoms with Gasteiger partial charge in [0.25, 0.3) is 0 Å². The first-order chi connectivity index (χ1) is 27.3. The molecule has 0 aromatic rings. The number of hydrogen-bond acceptors (Lipinski definition) is 8. The molecule has 56 heavy (non-hydrogen) atoms. The Balaban J connectivity index is 4.09. The van der Waals surface area contributed by atoms with Gasteiger partial charge in [-0.15, -0.1) is 0 Å². The predicted molar refractivity (Wildman–Crippen MR) is 234 cm³/mol. The first-order valence-corrected chi connectivity index (χ1v) is 24.8. The molecule has 0 aliphatic carbocycles. The van der Waals surface area contributed by atoms with Crippen LogP contribution in [0.2, 0.25) is 0 Å². The number of carbonyl (C=O) groups excluding carboxylic acids is 2. The van der Waals surface area contributed by atoms with Gasteiger partial charge in [-0.25, -0.2) is 4.57 Å². The maximum Gasteiger partial charge on any atom is 0.472 e. The molecule has 0 radical (unpaired) electrons. The highest BCUT2D eigenvalue weighted by Crippen LogP contribution is 2.43. The van der Waals surface area contributed by atoms with Crippen LogP contribution in [0.5, 0.6) is 0 Å². The van der Waals surface area contributed by atoms with Gasteiger partial charge in [-0.3, -0.25) is 18.6 Å². The number of carbonyl (C=O) groups is 2. The second kappa shape index (κ2) is 43.1. The number of allylic oxidation sites excluding steroid dienone is 4. The Morgan fingerprint density at radius 2 is 0.929 bits per heavy atom. The van der Waals surface area contributed by atoms with Gasteiger partial charge in [0, 0.05) is 19.4 Å². The van der Waals surface area contributed by atoms with E-state index in [2.05, 4.69) is 38.2 Å². The van der Waals surface area contributed by atoms with Gasteiger partial charge in [0.1, 0.15) is 6.61 Å². The van der Waals surface area contributed by atoms with Crippen LogP contribution in [0.1, 0.15) is 226 Å². The van der Waals surface area contributed by atoms with E-state index >= 15 is 0 Å². The lowest BCUT2D eigenvalue weighted by atomic mass is 10.0. The maximum atomic E-state index is 12.6. The van der Waals surface area contributed by atoms with E-state index in [4.69, 9.17) is 24.3 Å². The van der Waals surface area contributed by atoms with Gasteiger partial charge in [0.05, 0.1) is 13.2 Å². The second-order valence-corrected chi connectivity index (χ2v) is 17.1. The lowest BCUT2D eigenvalue weighted by molar-refractivity contribution is -0.161. The van der Waals surface area contributed by atoms with Crippen molar-refractivity contribution in [3.8, 4) is 0 Å². The van der Waals surface area contributed by atoms with Crippen LogP contribution in [0.4, 0.5) is 0 Å². The molecule has 0 fully saturated rings. The third-order valence-corrected chi connectivity index (χ3v) is 11.1. The molecule has 0 aliphatic heterocycles. The van der Waals surface area contributed by atoms with Gasteiger partial charge < -0.3 is 20.1 Å². The minimum Gasteiger partial charge on any atom is -0.462 e. The van der Waals surface area contributed by atoms with Crippen molar-refractivity contribution in [2.75, 3.05) is 26.4 Å². The molecule has 9 nitrogen and oxygen atoms in total. The highest BCUT2D eigenvalue weighted by molar-refractivity contribution is 7.47. The Hall–Kier alpha value is -1.51. The molecule has 2 unspecified atom stereocenters. The van der Waals surface area contributed by atoms with Gasteiger partial charge in [-0.1, -0.05) is 192 Å². The third-order valence-electron chi connectivity index (χ3n) is 10.1. The third kappa shape index (κ3) is 42.1. The van der Waals surface area contributed by atoms with Gasteiger partial charge >= 0.3 is 19.8 Å². The molecule has 0 aromatic carbocycles. The van der Waals surface area contributed by atoms with E-state index in [0.29, 0.717) is 6.42 Å². The van der Waals surface area contributed by atoms with Crippen LogP contribution in [0, 0.1) is 0 Å². The van der Waals surface area contributed by atoms with Gasteiger partial charge in [-0.05, 0) is 44.9 Å². The van der Waals surface area contributed by atoms with Crippen molar-refractivity contribution in [1.82, 2.24) is 0 Å². The fraction of sp³-hybridized carbons (Fsp3) is 0.870. The van der Waals surface area contributed by atoms with Crippen molar-refractivity contribution in [1.29, 1.82) is 0 Å². The van der Waals surface area contributed by atoms with E-state index < -0.39 is 26.5 Å². The van der Waals surface area contributed by atoms with Crippen LogP contribution in [0.3, 0.4) is 0 Å². The summed E-state index contributed by atoms with van der Waals surface area (Å²) < 4.78 is 32.8. The molecule has 0 amide bonds. The average Bonchev–Trinajstić information content (AvgIpc) is 3.18. The average molecular weight is 814 g/mol. The first kappa shape index (κ1) is 54.5. The van der Waals surface area contributed by atoms with E-state index in [-0.39, 0.29) is 38.6 Å². The molecule has 0 saturated carbocycles. The number of unbranched alkanes of at least 4 members (excludes halogenated alkanes) is 27. The maximum absolute atomic E-state index is 12.6. The summed E-state index contributed by atoms with van der Waals surface area (Å²) in [6.45, 7) is 3.74. The van der Waals surface area contributed by atoms with E-state index in [0.717, 1.165) is 51.4 Å². The number of hydrogen-bond donors (Lipinski definition) is 2. The number of rotatable bonds is 44. The van der Waals surface area contributed by atoms with Crippen molar-refractivity contribution in [3.05, 3.63) is 24.3 Å². The summed E-state index contributed by atoms with van der Waals surface area (Å²) in [5.41, 5.74) is 5.35. The standard InChI is InChI=1S/C46H88NO8P/c1-3-5-7-9-11-13-15-17-19-21-22-23-25-27-29-31-33-35-37-39-46(49)55-44(43-54-56(50,51)53-41-40-47)42-52-45(48)38-36-34-32-30-28-26-24-20-18-16-14-12-10-8-6-4-2/h11,13,17,19,44H,3-10,12,14-16,18,20-43,47H2,1-2H3,(H,50,51)/b13-11-,19-17-. The second-order valence-electron chi connectivity index (χ2n) is 15.6. The van der Waals surface area contributed by atoms with Crippen molar-refractivity contribution >= 4 is 19.8 Å². The summed E-state index contributed by atoms with van der Waals surface area (Å²) in [7, 11) is -4.38. The molecule has 330 valence electrons. The van der Waals surface area contributed by atoms with Gasteiger partial charge in [0.15, 0.2) is 6.10 Å². The Morgan fingerprint density at radius 3 is 1.39 bits per heavy atom. The lowest BCUT2D eigenvalue weighted by Gasteiger charge is -2.19. The fourth-order valence-corrected chi connectivity index (χ4v) is 7.37. The van der Waals surface area contributed by atoms with E-state index in [1.807, 2.05) is 0 Å². The molecule has 2 atom stereocenters. The summed E-state index contributed by atoms with van der Waals surface area (Å²) in [6.07, 6.45) is 46.3. The minimum atomic E-state index is -4.38. The molecule has 0 saturated heterocycles. The molecule has 0 bridgehead atoms. The quantitative estimate of drug-likeness (QED) is 0.0267. The van der Waals surface area contributed by atoms with E-state index in [9.17, 15) is 19.0 Å². The largest absolute Gasteiger partial charge is 0.472 e. The van der Waals surface area contributed by atoms with Crippen LogP contribution in [-0.4, -0.2) is 49.3 Å². The lowest BCUT2D eigenvalue weighted by Crippen LogP contribution is -2.29. The van der Waals surface area contributed by atoms with Crippen LogP contribution >= 0.6 is 7.82 Å². The molecule has 0 aromatic heterocycles. The zero-order valence-electron chi connectivity index (χ0n) is 36.4. The van der Waals surface area contributed by atoms with Crippen molar-refractivity contribution in [2.45, 2.75) is 232 Å². The van der Waals surface area contributed by atoms with Crippen molar-refractivity contribution in [2.24, 2.45) is 5.73 Å². The number of esters is 2. The number of phosphoric ester groups is 1. The Kier molecular flexibility index (Phi) is 41.9. The first-order valence-electron chi connectivity index (χ1n) is 23.3. The van der Waals surface area contributed by atoms with Crippen LogP contribution in [-0.2, 0) is 32.7 Å². The van der Waals surface area contributed by atoms with E-state index in [1.165, 1.54) is 141 Å². The zero-order valence-corrected chi connectivity index (χ0v) is 37.3. The number of nitrogens with two attached hydrogens (primary N) is 1. The van der Waals surface area contributed by atoms with Gasteiger partial charge in [-0.2, -0.15) is 0 Å². The summed E-state index contributed by atoms with van der Waals surface area (Å²) in [5.74, 6) is -0.823. The monoisotopic (exact) mass is 814 g/mol. The zero-order chi connectivity index (χ0) is 41.1. The molecule has 0 aliphatic rings. The molecular formula is C46H88NO8P. The topological polar surface area (TPSA) is 134 Å². The molecule has 10 heteroatoms. The van der Waals surface area contributed by atoms with Crippen LogP contribution < -0.4 is 5.73 Å². The summed E-state index contributed by atoms with van der Waals surface area (Å²) in [4.78, 5) is 34.9. The normalized spacial score (nSPS) is 13.4. The highest BCUT2D eigenvalue weighted by Gasteiger charge is 2.26. The SMILES string of the molecule is CCCCC/C=C\C/C=C\CCCCCCCCCCCC(=O)OC(COC(=O)CCCCCCCCCCCCCCCCCC)COP(=O)(O)OCCN. The van der Waals surface area contributed by atoms with Crippen molar-refractivity contribution in [3.63, 3.8) is 0 Å². The number of ether oxygens (including phenoxy) is 2. The van der Waals surface area contributed by atoms with Crippen molar-refractivity contribution < 1.29 is 37.6 Å². The Bertz CT molecular complexity index is 975. The molecule has 0 heterocycles. The summed E-state index contributed by atoms with van der Waals surface area (Å²) >= 11 is 0. The minimum absolute atomic E-state index is 0.0544. The highest BCUT2D eigenvalue weighted by atomic mass is 31.2. The Labute approximate surface area is 344 Å². The molecular weight excluding hydrogens is 725 g/mol. The molecule has 0 rings (SSSR count). The summed E-state index contributed by atoms with van der Waals surface area (Å²) in [5, 5.41) is 0.